The minimum atomic E-state index is -0.0865. The SMILES string of the molecule is CN(CCOCCN)c1cc(=O)[nH]c(C2CC2)n1. The van der Waals surface area contributed by atoms with Gasteiger partial charge in [0.15, 0.2) is 0 Å². The van der Waals surface area contributed by atoms with Gasteiger partial charge in [-0.3, -0.25) is 4.79 Å². The van der Waals surface area contributed by atoms with E-state index in [0.29, 0.717) is 38.0 Å². The van der Waals surface area contributed by atoms with Crippen LogP contribution in [0.5, 0.6) is 0 Å². The van der Waals surface area contributed by atoms with E-state index in [4.69, 9.17) is 10.5 Å². The third-order valence-corrected chi connectivity index (χ3v) is 2.93. The predicted molar refractivity (Wildman–Crippen MR) is 70.0 cm³/mol. The highest BCUT2D eigenvalue weighted by Crippen LogP contribution is 2.37. The smallest absolute Gasteiger partial charge is 0.252 e. The minimum Gasteiger partial charge on any atom is -0.378 e. The molecule has 0 radical (unpaired) electrons. The van der Waals surface area contributed by atoms with Crippen LogP contribution in [0.3, 0.4) is 0 Å². The molecule has 3 N–H and O–H groups in total. The maximum absolute atomic E-state index is 11.6. The first-order valence-corrected chi connectivity index (χ1v) is 6.31. The lowest BCUT2D eigenvalue weighted by Gasteiger charge is -2.18. The highest BCUT2D eigenvalue weighted by molar-refractivity contribution is 5.36. The molecular weight excluding hydrogens is 232 g/mol. The third kappa shape index (κ3) is 3.54. The topological polar surface area (TPSA) is 84.2 Å². The van der Waals surface area contributed by atoms with Crippen molar-refractivity contribution >= 4 is 5.82 Å². The summed E-state index contributed by atoms with van der Waals surface area (Å²) in [5, 5.41) is 0. The Morgan fingerprint density at radius 3 is 3.00 bits per heavy atom. The van der Waals surface area contributed by atoms with Crippen LogP contribution in [0.25, 0.3) is 0 Å². The van der Waals surface area contributed by atoms with Crippen LogP contribution in [0.15, 0.2) is 10.9 Å². The van der Waals surface area contributed by atoms with Crippen molar-refractivity contribution in [3.63, 3.8) is 0 Å². The molecule has 1 fully saturated rings. The molecule has 0 aromatic carbocycles. The lowest BCUT2D eigenvalue weighted by molar-refractivity contribution is 0.148. The van der Waals surface area contributed by atoms with Gasteiger partial charge in [0.2, 0.25) is 0 Å². The minimum absolute atomic E-state index is 0.0865. The third-order valence-electron chi connectivity index (χ3n) is 2.93. The molecule has 0 bridgehead atoms. The van der Waals surface area contributed by atoms with Crippen molar-refractivity contribution in [2.24, 2.45) is 5.73 Å². The van der Waals surface area contributed by atoms with Gasteiger partial charge in [-0.1, -0.05) is 0 Å². The van der Waals surface area contributed by atoms with Gasteiger partial charge in [0, 0.05) is 32.1 Å². The number of aromatic amines is 1. The number of aromatic nitrogens is 2. The summed E-state index contributed by atoms with van der Waals surface area (Å²) in [7, 11) is 1.91. The molecule has 0 amide bonds. The van der Waals surface area contributed by atoms with Gasteiger partial charge < -0.3 is 20.4 Å². The summed E-state index contributed by atoms with van der Waals surface area (Å²) >= 11 is 0. The predicted octanol–water partition coefficient (Wildman–Crippen LogP) is 0.0588. The van der Waals surface area contributed by atoms with Crippen LogP contribution in [0, 0.1) is 0 Å². The van der Waals surface area contributed by atoms with E-state index in [2.05, 4.69) is 9.97 Å². The number of ether oxygens (including phenoxy) is 1. The second-order valence-corrected chi connectivity index (χ2v) is 4.59. The average molecular weight is 252 g/mol. The number of likely N-dealkylation sites (N-methyl/N-ethyl adjacent to an activating group) is 1. The summed E-state index contributed by atoms with van der Waals surface area (Å²) in [6.07, 6.45) is 2.24. The average Bonchev–Trinajstić information content (AvgIpc) is 3.18. The van der Waals surface area contributed by atoms with Crippen molar-refractivity contribution in [2.45, 2.75) is 18.8 Å². The highest BCUT2D eigenvalue weighted by atomic mass is 16.5. The Hall–Kier alpha value is -1.40. The lowest BCUT2D eigenvalue weighted by atomic mass is 10.4. The summed E-state index contributed by atoms with van der Waals surface area (Å²) < 4.78 is 5.31. The fraction of sp³-hybridized carbons (Fsp3) is 0.667. The molecule has 0 unspecified atom stereocenters. The Morgan fingerprint density at radius 1 is 1.56 bits per heavy atom. The normalized spacial score (nSPS) is 14.8. The van der Waals surface area contributed by atoms with Gasteiger partial charge in [-0.2, -0.15) is 0 Å². The van der Waals surface area contributed by atoms with E-state index in [-0.39, 0.29) is 5.56 Å². The maximum Gasteiger partial charge on any atom is 0.252 e. The molecule has 1 aromatic heterocycles. The van der Waals surface area contributed by atoms with Crippen LogP contribution in [-0.4, -0.2) is 43.3 Å². The Labute approximate surface area is 106 Å². The van der Waals surface area contributed by atoms with Crippen molar-refractivity contribution in [1.82, 2.24) is 9.97 Å². The van der Waals surface area contributed by atoms with Gasteiger partial charge in [0.1, 0.15) is 11.6 Å². The summed E-state index contributed by atoms with van der Waals surface area (Å²) in [6.45, 7) is 2.37. The summed E-state index contributed by atoms with van der Waals surface area (Å²) in [5.74, 6) is 1.96. The van der Waals surface area contributed by atoms with Crippen molar-refractivity contribution in [3.8, 4) is 0 Å². The number of H-pyrrole nitrogens is 1. The van der Waals surface area contributed by atoms with Crippen LogP contribution >= 0.6 is 0 Å². The van der Waals surface area contributed by atoms with E-state index in [9.17, 15) is 4.79 Å². The monoisotopic (exact) mass is 252 g/mol. The van der Waals surface area contributed by atoms with Crippen LogP contribution in [-0.2, 0) is 4.74 Å². The lowest BCUT2D eigenvalue weighted by Crippen LogP contribution is -2.26. The Bertz CT molecular complexity index is 442. The van der Waals surface area contributed by atoms with Gasteiger partial charge >= 0.3 is 0 Å². The van der Waals surface area contributed by atoms with E-state index in [1.54, 1.807) is 0 Å². The highest BCUT2D eigenvalue weighted by Gasteiger charge is 2.26. The molecule has 6 nitrogen and oxygen atoms in total. The molecule has 0 saturated heterocycles. The fourth-order valence-corrected chi connectivity index (χ4v) is 1.71. The Morgan fingerprint density at radius 2 is 2.33 bits per heavy atom. The summed E-state index contributed by atoms with van der Waals surface area (Å²) in [6, 6.07) is 1.52. The van der Waals surface area contributed by atoms with Gasteiger partial charge in [-0.05, 0) is 12.8 Å². The molecule has 100 valence electrons. The molecule has 1 aliphatic carbocycles. The molecule has 1 aromatic rings. The zero-order valence-corrected chi connectivity index (χ0v) is 10.7. The molecule has 1 saturated carbocycles. The van der Waals surface area contributed by atoms with Crippen LogP contribution in [0.4, 0.5) is 5.82 Å². The molecule has 0 aliphatic heterocycles. The number of hydrogen-bond donors (Lipinski definition) is 2. The summed E-state index contributed by atoms with van der Waals surface area (Å²) in [4.78, 5) is 20.8. The van der Waals surface area contributed by atoms with Gasteiger partial charge in [0.05, 0.1) is 13.2 Å². The molecule has 6 heteroatoms. The number of nitrogens with two attached hydrogens (primary N) is 1. The molecule has 2 rings (SSSR count). The number of hydrogen-bond acceptors (Lipinski definition) is 5. The summed E-state index contributed by atoms with van der Waals surface area (Å²) in [5.41, 5.74) is 5.25. The van der Waals surface area contributed by atoms with E-state index in [1.165, 1.54) is 6.07 Å². The first-order valence-electron chi connectivity index (χ1n) is 6.31. The number of nitrogens with zero attached hydrogens (tertiary/aromatic N) is 2. The van der Waals surface area contributed by atoms with Crippen LogP contribution in [0.1, 0.15) is 24.6 Å². The Kier molecular flexibility index (Phi) is 4.33. The number of anilines is 1. The van der Waals surface area contributed by atoms with Crippen molar-refractivity contribution < 1.29 is 4.74 Å². The fourth-order valence-electron chi connectivity index (χ4n) is 1.71. The number of rotatable bonds is 7. The molecule has 0 spiro atoms. The largest absolute Gasteiger partial charge is 0.378 e. The quantitative estimate of drug-likeness (QED) is 0.670. The van der Waals surface area contributed by atoms with Crippen molar-refractivity contribution in [2.75, 3.05) is 38.3 Å². The standard InChI is InChI=1S/C12H20N4O2/c1-16(5-7-18-6-4-13)10-8-11(17)15-12(14-10)9-2-3-9/h8-9H,2-7,13H2,1H3,(H,14,15,17). The molecule has 1 heterocycles. The first kappa shape index (κ1) is 13.0. The van der Waals surface area contributed by atoms with Crippen molar-refractivity contribution in [1.29, 1.82) is 0 Å². The first-order chi connectivity index (χ1) is 8.70. The molecule has 18 heavy (non-hydrogen) atoms. The number of nitrogens with one attached hydrogen (secondary N) is 1. The van der Waals surface area contributed by atoms with Crippen LogP contribution < -0.4 is 16.2 Å². The van der Waals surface area contributed by atoms with Gasteiger partial charge in [0.25, 0.3) is 5.56 Å². The second-order valence-electron chi connectivity index (χ2n) is 4.59. The van der Waals surface area contributed by atoms with Crippen molar-refractivity contribution in [3.05, 3.63) is 22.2 Å². The zero-order chi connectivity index (χ0) is 13.0. The zero-order valence-electron chi connectivity index (χ0n) is 10.7. The molecule has 1 aliphatic rings. The second kappa shape index (κ2) is 5.97. The van der Waals surface area contributed by atoms with Gasteiger partial charge in [-0.15, -0.1) is 0 Å². The van der Waals surface area contributed by atoms with E-state index in [0.717, 1.165) is 18.7 Å². The van der Waals surface area contributed by atoms with Crippen LogP contribution in [0.2, 0.25) is 0 Å². The molecule has 0 atom stereocenters. The van der Waals surface area contributed by atoms with E-state index >= 15 is 0 Å². The van der Waals surface area contributed by atoms with E-state index < -0.39 is 0 Å². The maximum atomic E-state index is 11.6. The molecular formula is C12H20N4O2. The van der Waals surface area contributed by atoms with E-state index in [1.807, 2.05) is 11.9 Å². The Balaban J connectivity index is 1.96. The van der Waals surface area contributed by atoms with Gasteiger partial charge in [-0.25, -0.2) is 4.98 Å².